The second-order valence-corrected chi connectivity index (χ2v) is 4.55. The van der Waals surface area contributed by atoms with Crippen LogP contribution in [0.25, 0.3) is 0 Å². The lowest BCUT2D eigenvalue weighted by Gasteiger charge is -2.19. The molecule has 1 aromatic rings. The molecule has 0 heterocycles. The van der Waals surface area contributed by atoms with Crippen LogP contribution in [-0.4, -0.2) is 37.7 Å². The number of hydrogen-bond donors (Lipinski definition) is 1. The summed E-state index contributed by atoms with van der Waals surface area (Å²) in [5.41, 5.74) is 6.32. The maximum Gasteiger partial charge on any atom is 0.179 e. The minimum Gasteiger partial charge on any atom is -0.490 e. The van der Waals surface area contributed by atoms with E-state index in [4.69, 9.17) is 26.8 Å². The first-order valence-corrected chi connectivity index (χ1v) is 7.07. The Bertz CT molecular complexity index is 395. The zero-order valence-corrected chi connectivity index (χ0v) is 12.7. The van der Waals surface area contributed by atoms with Crippen LogP contribution in [0.15, 0.2) is 12.1 Å². The molecule has 1 aromatic carbocycles. The van der Waals surface area contributed by atoms with E-state index in [0.29, 0.717) is 35.4 Å². The molecular formula is C14H23ClN2O2. The molecule has 108 valence electrons. The SMILES string of the molecule is CCOc1cc(N)cc(Cl)c1OCCN(CC)CC. The number of rotatable bonds is 8. The first kappa shape index (κ1) is 15.9. The molecule has 5 heteroatoms. The minimum absolute atomic E-state index is 0.489. The monoisotopic (exact) mass is 286 g/mol. The Hall–Kier alpha value is -1.13. The van der Waals surface area contributed by atoms with Gasteiger partial charge in [0.1, 0.15) is 6.61 Å². The van der Waals surface area contributed by atoms with Crippen molar-refractivity contribution < 1.29 is 9.47 Å². The highest BCUT2D eigenvalue weighted by Crippen LogP contribution is 2.37. The second kappa shape index (κ2) is 8.12. The average molecular weight is 287 g/mol. The Kier molecular flexibility index (Phi) is 6.81. The van der Waals surface area contributed by atoms with Crippen LogP contribution in [0.4, 0.5) is 5.69 Å². The van der Waals surface area contributed by atoms with Crippen molar-refractivity contribution >= 4 is 17.3 Å². The normalized spacial score (nSPS) is 10.8. The van der Waals surface area contributed by atoms with Crippen molar-refractivity contribution in [1.29, 1.82) is 0 Å². The number of likely N-dealkylation sites (N-methyl/N-ethyl adjacent to an activating group) is 1. The summed E-state index contributed by atoms with van der Waals surface area (Å²) in [6.45, 7) is 10.2. The smallest absolute Gasteiger partial charge is 0.179 e. The number of nitrogens with zero attached hydrogens (tertiary/aromatic N) is 1. The summed E-state index contributed by atoms with van der Waals surface area (Å²) in [5, 5.41) is 0.489. The highest BCUT2D eigenvalue weighted by molar-refractivity contribution is 6.32. The topological polar surface area (TPSA) is 47.7 Å². The number of nitrogens with two attached hydrogens (primary N) is 1. The summed E-state index contributed by atoms with van der Waals surface area (Å²) < 4.78 is 11.3. The van der Waals surface area contributed by atoms with Gasteiger partial charge in [0, 0.05) is 18.3 Å². The van der Waals surface area contributed by atoms with E-state index in [9.17, 15) is 0 Å². The van der Waals surface area contributed by atoms with Gasteiger partial charge in [0.15, 0.2) is 11.5 Å². The number of halogens is 1. The maximum absolute atomic E-state index is 6.15. The predicted octanol–water partition coefficient (Wildman–Crippen LogP) is 3.04. The summed E-state index contributed by atoms with van der Waals surface area (Å²) in [6.07, 6.45) is 0. The fourth-order valence-corrected chi connectivity index (χ4v) is 2.08. The van der Waals surface area contributed by atoms with Crippen molar-refractivity contribution in [3.8, 4) is 11.5 Å². The van der Waals surface area contributed by atoms with Crippen molar-refractivity contribution in [2.45, 2.75) is 20.8 Å². The molecule has 0 atom stereocenters. The summed E-state index contributed by atoms with van der Waals surface area (Å²) in [5.74, 6) is 1.18. The first-order valence-electron chi connectivity index (χ1n) is 6.69. The molecule has 0 radical (unpaired) electrons. The summed E-state index contributed by atoms with van der Waals surface area (Å²) >= 11 is 6.15. The predicted molar refractivity (Wildman–Crippen MR) is 80.3 cm³/mol. The van der Waals surface area contributed by atoms with Gasteiger partial charge in [0.25, 0.3) is 0 Å². The van der Waals surface area contributed by atoms with Crippen LogP contribution in [0.2, 0.25) is 5.02 Å². The molecule has 4 nitrogen and oxygen atoms in total. The minimum atomic E-state index is 0.489. The second-order valence-electron chi connectivity index (χ2n) is 4.14. The maximum atomic E-state index is 6.15. The highest BCUT2D eigenvalue weighted by atomic mass is 35.5. The van der Waals surface area contributed by atoms with Crippen molar-refractivity contribution in [2.75, 3.05) is 38.6 Å². The van der Waals surface area contributed by atoms with Crippen LogP contribution in [0, 0.1) is 0 Å². The quantitative estimate of drug-likeness (QED) is 0.746. The molecule has 0 aliphatic heterocycles. The molecule has 0 bridgehead atoms. The van der Waals surface area contributed by atoms with Crippen molar-refractivity contribution in [1.82, 2.24) is 4.90 Å². The molecule has 0 saturated heterocycles. The fraction of sp³-hybridized carbons (Fsp3) is 0.571. The fourth-order valence-electron chi connectivity index (χ4n) is 1.81. The Morgan fingerprint density at radius 2 is 1.84 bits per heavy atom. The molecule has 19 heavy (non-hydrogen) atoms. The third-order valence-electron chi connectivity index (χ3n) is 2.88. The summed E-state index contributed by atoms with van der Waals surface area (Å²) in [4.78, 5) is 2.28. The van der Waals surface area contributed by atoms with Gasteiger partial charge in [0.05, 0.1) is 11.6 Å². The molecule has 0 amide bonds. The third kappa shape index (κ3) is 4.80. The molecule has 0 fully saturated rings. The first-order chi connectivity index (χ1) is 9.12. The zero-order valence-electron chi connectivity index (χ0n) is 11.9. The number of anilines is 1. The van der Waals surface area contributed by atoms with Gasteiger partial charge >= 0.3 is 0 Å². The Morgan fingerprint density at radius 1 is 1.16 bits per heavy atom. The van der Waals surface area contributed by atoms with Crippen LogP contribution in [-0.2, 0) is 0 Å². The van der Waals surface area contributed by atoms with Gasteiger partial charge in [-0.25, -0.2) is 0 Å². The number of benzene rings is 1. The number of ether oxygens (including phenoxy) is 2. The van der Waals surface area contributed by atoms with Crippen LogP contribution in [0.1, 0.15) is 20.8 Å². The number of nitrogen functional groups attached to an aromatic ring is 1. The van der Waals surface area contributed by atoms with E-state index in [2.05, 4.69) is 18.7 Å². The van der Waals surface area contributed by atoms with Crippen molar-refractivity contribution in [2.24, 2.45) is 0 Å². The Balaban J connectivity index is 2.71. The largest absolute Gasteiger partial charge is 0.490 e. The highest BCUT2D eigenvalue weighted by Gasteiger charge is 2.12. The third-order valence-corrected chi connectivity index (χ3v) is 3.16. The average Bonchev–Trinajstić information content (AvgIpc) is 2.37. The van der Waals surface area contributed by atoms with E-state index >= 15 is 0 Å². The van der Waals surface area contributed by atoms with E-state index in [-0.39, 0.29) is 0 Å². The van der Waals surface area contributed by atoms with Gasteiger partial charge in [-0.1, -0.05) is 25.4 Å². The molecule has 0 aliphatic rings. The van der Waals surface area contributed by atoms with Crippen LogP contribution in [0.3, 0.4) is 0 Å². The summed E-state index contributed by atoms with van der Waals surface area (Å²) in [7, 11) is 0. The van der Waals surface area contributed by atoms with E-state index in [1.165, 1.54) is 0 Å². The van der Waals surface area contributed by atoms with Gasteiger partial charge < -0.3 is 20.1 Å². The Morgan fingerprint density at radius 3 is 2.42 bits per heavy atom. The zero-order chi connectivity index (χ0) is 14.3. The molecule has 0 aromatic heterocycles. The summed E-state index contributed by atoms with van der Waals surface area (Å²) in [6, 6.07) is 3.42. The number of hydrogen-bond acceptors (Lipinski definition) is 4. The van der Waals surface area contributed by atoms with Crippen LogP contribution in [0.5, 0.6) is 11.5 Å². The molecule has 1 rings (SSSR count). The molecule has 0 aliphatic carbocycles. The lowest BCUT2D eigenvalue weighted by atomic mass is 10.3. The van der Waals surface area contributed by atoms with E-state index < -0.39 is 0 Å². The molecule has 0 unspecified atom stereocenters. The van der Waals surface area contributed by atoms with Gasteiger partial charge in [-0.05, 0) is 26.1 Å². The van der Waals surface area contributed by atoms with Gasteiger partial charge in [-0.3, -0.25) is 0 Å². The van der Waals surface area contributed by atoms with E-state index in [1.807, 2.05) is 6.92 Å². The van der Waals surface area contributed by atoms with Crippen LogP contribution >= 0.6 is 11.6 Å². The van der Waals surface area contributed by atoms with Gasteiger partial charge in [-0.15, -0.1) is 0 Å². The van der Waals surface area contributed by atoms with Crippen LogP contribution < -0.4 is 15.2 Å². The standard InChI is InChI=1S/C14H23ClN2O2/c1-4-17(5-2)7-8-19-14-12(15)9-11(16)10-13(14)18-6-3/h9-10H,4-8,16H2,1-3H3. The lowest BCUT2D eigenvalue weighted by Crippen LogP contribution is -2.28. The van der Waals surface area contributed by atoms with E-state index in [1.54, 1.807) is 12.1 Å². The molecule has 2 N–H and O–H groups in total. The van der Waals surface area contributed by atoms with Crippen molar-refractivity contribution in [3.05, 3.63) is 17.2 Å². The molecule has 0 spiro atoms. The molecular weight excluding hydrogens is 264 g/mol. The van der Waals surface area contributed by atoms with Gasteiger partial charge in [-0.2, -0.15) is 0 Å². The van der Waals surface area contributed by atoms with Crippen molar-refractivity contribution in [3.63, 3.8) is 0 Å². The molecule has 0 saturated carbocycles. The van der Waals surface area contributed by atoms with Gasteiger partial charge in [0.2, 0.25) is 0 Å². The Labute approximate surface area is 120 Å². The lowest BCUT2D eigenvalue weighted by molar-refractivity contribution is 0.214. The van der Waals surface area contributed by atoms with E-state index in [0.717, 1.165) is 19.6 Å².